The number of fused-ring (bicyclic) bond motifs is 8. The zero-order chi connectivity index (χ0) is 77.8. The van der Waals surface area contributed by atoms with Gasteiger partial charge in [0.1, 0.15) is 0 Å². The summed E-state index contributed by atoms with van der Waals surface area (Å²) in [6.45, 7) is 0. The topological polar surface area (TPSA) is 118 Å². The first-order valence-electron chi connectivity index (χ1n) is 38.4. The normalized spacial score (nSPS) is 11.2. The zero-order valence-electron chi connectivity index (χ0n) is 62.5. The molecule has 2 N–H and O–H groups in total. The van der Waals surface area contributed by atoms with E-state index in [1.165, 1.54) is 64.7 Å². The third-order valence-electron chi connectivity index (χ3n) is 21.1. The van der Waals surface area contributed by atoms with Gasteiger partial charge in [-0.3, -0.25) is 0 Å². The summed E-state index contributed by atoms with van der Waals surface area (Å²) in [5.74, 6) is 3.04. The fourth-order valence-corrected chi connectivity index (χ4v) is 18.3. The lowest BCUT2D eigenvalue weighted by Gasteiger charge is -2.12. The fourth-order valence-electron chi connectivity index (χ4n) is 15.4. The molecule has 0 bridgehead atoms. The summed E-state index contributed by atoms with van der Waals surface area (Å²) >= 11 is 9.76. The standard InChI is InChI=1S/C55H35N3S.C25H16ClN3.C24H17BO2S/c1-4-15-36(16-5-1)38-29-31-41(32-30-38)53-56-54(58-55(57-53)48-28-13-22-39-21-10-11-25-45(39)48)43-24-12-23-42(33-43)49-34-44(37-17-6-2-7-18-37)35-50-47-27-14-26-46(51(47)59-52(49)50)40-19-8-3-9-20-40;26-25-28-23(20-15-13-18(14-16-20)17-7-2-1-3-8-17)27-24(29-25)22-12-6-10-19-9-4-5-11-21(19)22;26-25(27)22-15-18(16-8-3-1-4-9-16)14-21-20-13-7-12-19(23(20)28-24(21)22)17-10-5-2-6-11-17/h1-35H;1-16H;1-15,26-27H. The Morgan fingerprint density at radius 1 is 0.198 bits per heavy atom. The fraction of sp³-hybridized carbons (Fsp3) is 0. The van der Waals surface area contributed by atoms with Crippen molar-refractivity contribution in [1.82, 2.24) is 29.9 Å². The van der Waals surface area contributed by atoms with Gasteiger partial charge in [0.15, 0.2) is 29.1 Å². The molecule has 4 aromatic heterocycles. The molecule has 0 atom stereocenters. The van der Waals surface area contributed by atoms with Gasteiger partial charge in [-0.1, -0.05) is 376 Å². The second kappa shape index (κ2) is 32.2. The number of benzene rings is 17. The van der Waals surface area contributed by atoms with Crippen molar-refractivity contribution in [2.75, 3.05) is 0 Å². The smallest absolute Gasteiger partial charge is 0.423 e. The summed E-state index contributed by atoms with van der Waals surface area (Å²) in [6, 6.07) is 139. The van der Waals surface area contributed by atoms with Crippen molar-refractivity contribution in [3.8, 4) is 135 Å². The van der Waals surface area contributed by atoms with Gasteiger partial charge in [-0.15, -0.1) is 22.7 Å². The van der Waals surface area contributed by atoms with Gasteiger partial charge in [-0.25, -0.2) is 19.9 Å². The molecule has 0 aliphatic heterocycles. The highest BCUT2D eigenvalue weighted by molar-refractivity contribution is 7.27. The highest BCUT2D eigenvalue weighted by atomic mass is 35.5. The summed E-state index contributed by atoms with van der Waals surface area (Å²) < 4.78 is 4.63. The first-order valence-corrected chi connectivity index (χ1v) is 40.4. The summed E-state index contributed by atoms with van der Waals surface area (Å²) in [5, 5.41) is 29.5. The number of thiophene rings is 2. The van der Waals surface area contributed by atoms with Gasteiger partial charge in [-0.05, 0) is 130 Å². The van der Waals surface area contributed by atoms with E-state index in [9.17, 15) is 10.0 Å². The van der Waals surface area contributed by atoms with Crippen LogP contribution in [0.15, 0.2) is 400 Å². The van der Waals surface area contributed by atoms with Crippen LogP contribution in [0.25, 0.3) is 197 Å². The maximum absolute atomic E-state index is 10.1. The maximum Gasteiger partial charge on any atom is 0.489 e. The zero-order valence-corrected chi connectivity index (χ0v) is 64.8. The van der Waals surface area contributed by atoms with E-state index in [1.807, 2.05) is 127 Å². The Morgan fingerprint density at radius 3 is 0.983 bits per heavy atom. The SMILES string of the molecule is Clc1nc(-c2ccc(-c3ccccc3)cc2)nc(-c2cccc3ccccc23)n1.OB(O)c1cc(-c2ccccc2)cc2c1sc1c(-c3ccccc3)cccc12.c1ccc(-c2ccc(-c3nc(-c4cccc(-c5cc(-c6ccccc6)cc6c5sc5c(-c7ccccc7)cccc56)c4)nc(-c4cccc5ccccc45)n3)cc2)cc1. The predicted molar refractivity (Wildman–Crippen MR) is 487 cm³/mol. The lowest BCUT2D eigenvalue weighted by molar-refractivity contribution is 0.426. The Hall–Kier alpha value is -14.0. The van der Waals surface area contributed by atoms with Crippen LogP contribution in [0, 0.1) is 0 Å². The molecule has 8 nitrogen and oxygen atoms in total. The largest absolute Gasteiger partial charge is 0.489 e. The number of aromatic nitrogens is 6. The lowest BCUT2D eigenvalue weighted by atomic mass is 9.78. The Bertz CT molecular complexity index is 7150. The predicted octanol–water partition coefficient (Wildman–Crippen LogP) is 26.8. The minimum absolute atomic E-state index is 0.185. The van der Waals surface area contributed by atoms with Crippen LogP contribution in [0.3, 0.4) is 0 Å². The lowest BCUT2D eigenvalue weighted by Crippen LogP contribution is -2.30. The molecule has 21 rings (SSSR count). The first-order chi connectivity index (χ1) is 57.2. The Labute approximate surface area is 684 Å². The van der Waals surface area contributed by atoms with Crippen LogP contribution >= 0.6 is 34.3 Å². The van der Waals surface area contributed by atoms with Gasteiger partial charge in [0.2, 0.25) is 5.28 Å². The van der Waals surface area contributed by atoms with Crippen molar-refractivity contribution in [3.05, 3.63) is 406 Å². The van der Waals surface area contributed by atoms with Gasteiger partial charge < -0.3 is 10.0 Å². The number of hydrogen-bond acceptors (Lipinski definition) is 10. The molecule has 0 radical (unpaired) electrons. The third kappa shape index (κ3) is 14.7. The number of halogens is 1. The van der Waals surface area contributed by atoms with E-state index >= 15 is 0 Å². The molecule has 0 fully saturated rings. The van der Waals surface area contributed by atoms with Crippen LogP contribution in [-0.4, -0.2) is 47.1 Å². The molecular formula is C104H68BClN6O2S2. The average molecular weight is 1540 g/mol. The summed E-state index contributed by atoms with van der Waals surface area (Å²) in [4.78, 5) is 29.1. The van der Waals surface area contributed by atoms with Gasteiger partial charge in [0.05, 0.1) is 0 Å². The molecule has 17 aromatic carbocycles. The Balaban J connectivity index is 0.000000131. The van der Waals surface area contributed by atoms with Crippen LogP contribution in [0.5, 0.6) is 0 Å². The highest BCUT2D eigenvalue weighted by Crippen LogP contribution is 2.47. The molecule has 0 saturated carbocycles. The van der Waals surface area contributed by atoms with Crippen LogP contribution < -0.4 is 5.46 Å². The molecule has 116 heavy (non-hydrogen) atoms. The van der Waals surface area contributed by atoms with Gasteiger partial charge in [0, 0.05) is 79.2 Å². The third-order valence-corrected chi connectivity index (χ3v) is 23.9. The second-order valence-electron chi connectivity index (χ2n) is 28.3. The number of nitrogens with zero attached hydrogens (tertiary/aromatic N) is 6. The van der Waals surface area contributed by atoms with Gasteiger partial charge in [-0.2, -0.15) is 9.97 Å². The molecular weight excluding hydrogens is 1480 g/mol. The van der Waals surface area contributed by atoms with Gasteiger partial charge in [0.25, 0.3) is 0 Å². The maximum atomic E-state index is 10.1. The molecule has 4 heterocycles. The Morgan fingerprint density at radius 2 is 0.500 bits per heavy atom. The molecule has 0 unspecified atom stereocenters. The van der Waals surface area contributed by atoms with Crippen molar-refractivity contribution in [1.29, 1.82) is 0 Å². The Kier molecular flexibility index (Phi) is 20.1. The van der Waals surface area contributed by atoms with Crippen LogP contribution in [0.2, 0.25) is 5.28 Å². The number of hydrogen-bond donors (Lipinski definition) is 2. The van der Waals surface area contributed by atoms with Crippen molar-refractivity contribution in [3.63, 3.8) is 0 Å². The van der Waals surface area contributed by atoms with Crippen LogP contribution in [0.1, 0.15) is 0 Å². The van der Waals surface area contributed by atoms with E-state index in [1.54, 1.807) is 11.3 Å². The monoisotopic (exact) mass is 1540 g/mol. The summed E-state index contributed by atoms with van der Waals surface area (Å²) in [7, 11) is -1.51. The van der Waals surface area contributed by atoms with E-state index in [-0.39, 0.29) is 5.28 Å². The molecule has 0 spiro atoms. The molecule has 12 heteroatoms. The molecule has 0 aliphatic carbocycles. The molecule has 0 saturated heterocycles. The highest BCUT2D eigenvalue weighted by Gasteiger charge is 2.24. The summed E-state index contributed by atoms with van der Waals surface area (Å²) in [5.41, 5.74) is 21.4. The average Bonchev–Trinajstić information content (AvgIpc) is 1.58. The molecule has 0 aliphatic rings. The van der Waals surface area contributed by atoms with Crippen LogP contribution in [-0.2, 0) is 0 Å². The van der Waals surface area contributed by atoms with E-state index in [0.29, 0.717) is 34.6 Å². The van der Waals surface area contributed by atoms with E-state index < -0.39 is 7.12 Å². The van der Waals surface area contributed by atoms with Crippen molar-refractivity contribution in [2.45, 2.75) is 0 Å². The summed E-state index contributed by atoms with van der Waals surface area (Å²) in [6.07, 6.45) is 0. The van der Waals surface area contributed by atoms with E-state index in [2.05, 4.69) is 295 Å². The molecule has 21 aromatic rings. The van der Waals surface area contributed by atoms with Crippen molar-refractivity contribution < 1.29 is 10.0 Å². The van der Waals surface area contributed by atoms with E-state index in [4.69, 9.17) is 31.5 Å². The second-order valence-corrected chi connectivity index (χ2v) is 30.7. The minimum atomic E-state index is -1.51. The van der Waals surface area contributed by atoms with Crippen LogP contribution in [0.4, 0.5) is 0 Å². The van der Waals surface area contributed by atoms with Crippen molar-refractivity contribution >= 4 is 109 Å². The molecule has 548 valence electrons. The number of rotatable bonds is 13. The first kappa shape index (κ1) is 72.3. The van der Waals surface area contributed by atoms with Crippen molar-refractivity contribution in [2.24, 2.45) is 0 Å². The minimum Gasteiger partial charge on any atom is -0.423 e. The molecule has 0 amide bonds. The quantitative estimate of drug-likeness (QED) is 0.110. The van der Waals surface area contributed by atoms with Gasteiger partial charge >= 0.3 is 7.12 Å². The van der Waals surface area contributed by atoms with E-state index in [0.717, 1.165) is 103 Å².